The SMILES string of the molecule is C#CCOc1ccc(CC)cc1S(=O)(=O)Cl. The summed E-state index contributed by atoms with van der Waals surface area (Å²) in [5, 5.41) is 0. The predicted molar refractivity (Wildman–Crippen MR) is 63.2 cm³/mol. The Kier molecular flexibility index (Phi) is 4.22. The standard InChI is InChI=1S/C11H11ClO3S/c1-3-7-15-10-6-5-9(4-2)8-11(10)16(12,13)14/h1,5-6,8H,4,7H2,2H3. The molecule has 3 nitrogen and oxygen atoms in total. The summed E-state index contributed by atoms with van der Waals surface area (Å²) >= 11 is 0. The van der Waals surface area contributed by atoms with E-state index in [2.05, 4.69) is 5.92 Å². The Morgan fingerprint density at radius 3 is 2.69 bits per heavy atom. The third-order valence-corrected chi connectivity index (χ3v) is 3.33. The minimum Gasteiger partial charge on any atom is -0.480 e. The molecule has 0 amide bonds. The van der Waals surface area contributed by atoms with Crippen molar-refractivity contribution < 1.29 is 13.2 Å². The summed E-state index contributed by atoms with van der Waals surface area (Å²) in [7, 11) is 1.49. The smallest absolute Gasteiger partial charge is 0.264 e. The Bertz CT molecular complexity index is 515. The molecule has 0 atom stereocenters. The van der Waals surface area contributed by atoms with Crippen LogP contribution >= 0.6 is 10.7 Å². The van der Waals surface area contributed by atoms with Gasteiger partial charge in [-0.05, 0) is 24.1 Å². The third kappa shape index (κ3) is 3.16. The fourth-order valence-corrected chi connectivity index (χ4v) is 2.22. The molecular formula is C11H11ClO3S. The molecule has 0 heterocycles. The van der Waals surface area contributed by atoms with Crippen LogP contribution in [-0.4, -0.2) is 15.0 Å². The highest BCUT2D eigenvalue weighted by atomic mass is 35.7. The van der Waals surface area contributed by atoms with E-state index in [1.807, 2.05) is 6.92 Å². The van der Waals surface area contributed by atoms with Crippen molar-refractivity contribution in [3.05, 3.63) is 23.8 Å². The van der Waals surface area contributed by atoms with Crippen molar-refractivity contribution in [1.29, 1.82) is 0 Å². The molecule has 0 radical (unpaired) electrons. The maximum Gasteiger partial charge on any atom is 0.264 e. The van der Waals surface area contributed by atoms with Crippen LogP contribution in [0.25, 0.3) is 0 Å². The molecular weight excluding hydrogens is 248 g/mol. The Balaban J connectivity index is 3.23. The van der Waals surface area contributed by atoms with Gasteiger partial charge in [-0.15, -0.1) is 6.42 Å². The summed E-state index contributed by atoms with van der Waals surface area (Å²) in [4.78, 5) is -0.0382. The van der Waals surface area contributed by atoms with Gasteiger partial charge in [0, 0.05) is 10.7 Å². The van der Waals surface area contributed by atoms with Crippen LogP contribution in [0.3, 0.4) is 0 Å². The largest absolute Gasteiger partial charge is 0.480 e. The minimum absolute atomic E-state index is 0.00484. The molecule has 16 heavy (non-hydrogen) atoms. The number of halogens is 1. The van der Waals surface area contributed by atoms with E-state index in [4.69, 9.17) is 21.8 Å². The molecule has 86 valence electrons. The number of hydrogen-bond acceptors (Lipinski definition) is 3. The maximum absolute atomic E-state index is 11.3. The van der Waals surface area contributed by atoms with Gasteiger partial charge in [-0.2, -0.15) is 0 Å². The summed E-state index contributed by atoms with van der Waals surface area (Å²) in [5.74, 6) is 2.45. The molecule has 1 aromatic carbocycles. The topological polar surface area (TPSA) is 43.4 Å². The summed E-state index contributed by atoms with van der Waals surface area (Å²) in [6, 6.07) is 4.83. The molecule has 1 aromatic rings. The zero-order chi connectivity index (χ0) is 12.2. The highest BCUT2D eigenvalue weighted by molar-refractivity contribution is 8.13. The number of terminal acetylenes is 1. The van der Waals surface area contributed by atoms with Crippen LogP contribution in [0.1, 0.15) is 12.5 Å². The van der Waals surface area contributed by atoms with E-state index in [1.54, 1.807) is 12.1 Å². The monoisotopic (exact) mass is 258 g/mol. The highest BCUT2D eigenvalue weighted by Crippen LogP contribution is 2.28. The second-order valence-electron chi connectivity index (χ2n) is 3.07. The summed E-state index contributed by atoms with van der Waals surface area (Å²) in [6.07, 6.45) is 5.75. The lowest BCUT2D eigenvalue weighted by atomic mass is 10.2. The first-order valence-electron chi connectivity index (χ1n) is 4.63. The van der Waals surface area contributed by atoms with Crippen molar-refractivity contribution in [2.45, 2.75) is 18.2 Å². The second kappa shape index (κ2) is 5.24. The van der Waals surface area contributed by atoms with Crippen LogP contribution in [-0.2, 0) is 15.5 Å². The van der Waals surface area contributed by atoms with Gasteiger partial charge in [-0.25, -0.2) is 8.42 Å². The van der Waals surface area contributed by atoms with Gasteiger partial charge in [0.15, 0.2) is 0 Å². The molecule has 0 aliphatic heterocycles. The van der Waals surface area contributed by atoms with Crippen molar-refractivity contribution in [1.82, 2.24) is 0 Å². The number of aryl methyl sites for hydroxylation is 1. The van der Waals surface area contributed by atoms with Crippen molar-refractivity contribution >= 4 is 19.7 Å². The molecule has 0 bridgehead atoms. The van der Waals surface area contributed by atoms with E-state index in [-0.39, 0.29) is 17.3 Å². The van der Waals surface area contributed by atoms with Gasteiger partial charge in [0.1, 0.15) is 17.3 Å². The average molecular weight is 259 g/mol. The van der Waals surface area contributed by atoms with E-state index >= 15 is 0 Å². The van der Waals surface area contributed by atoms with Crippen LogP contribution in [0, 0.1) is 12.3 Å². The molecule has 0 spiro atoms. The van der Waals surface area contributed by atoms with Crippen molar-refractivity contribution in [3.8, 4) is 18.1 Å². The van der Waals surface area contributed by atoms with Crippen LogP contribution in [0.4, 0.5) is 0 Å². The van der Waals surface area contributed by atoms with Crippen LogP contribution in [0.5, 0.6) is 5.75 Å². The second-order valence-corrected chi connectivity index (χ2v) is 5.60. The van der Waals surface area contributed by atoms with E-state index < -0.39 is 9.05 Å². The molecule has 0 N–H and O–H groups in total. The molecule has 0 aliphatic rings. The maximum atomic E-state index is 11.3. The number of benzene rings is 1. The Morgan fingerprint density at radius 1 is 1.50 bits per heavy atom. The molecule has 1 rings (SSSR count). The van der Waals surface area contributed by atoms with E-state index in [9.17, 15) is 8.42 Å². The summed E-state index contributed by atoms with van der Waals surface area (Å²) in [5.41, 5.74) is 0.868. The third-order valence-electron chi connectivity index (χ3n) is 1.99. The lowest BCUT2D eigenvalue weighted by Crippen LogP contribution is -2.01. The molecule has 0 saturated carbocycles. The summed E-state index contributed by atoms with van der Waals surface area (Å²) in [6.45, 7) is 1.92. The Hall–Kier alpha value is -1.18. The van der Waals surface area contributed by atoms with Gasteiger partial charge < -0.3 is 4.74 Å². The van der Waals surface area contributed by atoms with Gasteiger partial charge in [-0.3, -0.25) is 0 Å². The molecule has 0 saturated heterocycles. The average Bonchev–Trinajstić information content (AvgIpc) is 2.25. The van der Waals surface area contributed by atoms with Crippen molar-refractivity contribution in [2.24, 2.45) is 0 Å². The van der Waals surface area contributed by atoms with Gasteiger partial charge in [0.05, 0.1) is 0 Å². The fourth-order valence-electron chi connectivity index (χ4n) is 1.20. The predicted octanol–water partition coefficient (Wildman–Crippen LogP) is 2.19. The molecule has 0 fully saturated rings. The number of hydrogen-bond donors (Lipinski definition) is 0. The quantitative estimate of drug-likeness (QED) is 0.614. The molecule has 0 aliphatic carbocycles. The van der Waals surface area contributed by atoms with Crippen LogP contribution in [0.2, 0.25) is 0 Å². The van der Waals surface area contributed by atoms with Gasteiger partial charge in [0.2, 0.25) is 0 Å². The Labute approximate surface area is 99.8 Å². The first-order valence-corrected chi connectivity index (χ1v) is 6.93. The first kappa shape index (κ1) is 12.9. The van der Waals surface area contributed by atoms with E-state index in [1.165, 1.54) is 6.07 Å². The number of ether oxygens (including phenoxy) is 1. The molecule has 0 unspecified atom stereocenters. The summed E-state index contributed by atoms with van der Waals surface area (Å²) < 4.78 is 27.8. The lowest BCUT2D eigenvalue weighted by molar-refractivity contribution is 0.360. The van der Waals surface area contributed by atoms with Gasteiger partial charge >= 0.3 is 0 Å². The fraction of sp³-hybridized carbons (Fsp3) is 0.273. The van der Waals surface area contributed by atoms with Gasteiger partial charge in [0.25, 0.3) is 9.05 Å². The number of rotatable bonds is 4. The first-order chi connectivity index (χ1) is 7.49. The zero-order valence-corrected chi connectivity index (χ0v) is 10.3. The Morgan fingerprint density at radius 2 is 2.19 bits per heavy atom. The van der Waals surface area contributed by atoms with E-state index in [0.717, 1.165) is 12.0 Å². The highest BCUT2D eigenvalue weighted by Gasteiger charge is 2.17. The normalized spacial score (nSPS) is 10.8. The minimum atomic E-state index is -3.82. The molecule has 5 heteroatoms. The van der Waals surface area contributed by atoms with Gasteiger partial charge in [-0.1, -0.05) is 18.9 Å². The van der Waals surface area contributed by atoms with Crippen molar-refractivity contribution in [2.75, 3.05) is 6.61 Å². The van der Waals surface area contributed by atoms with Crippen LogP contribution < -0.4 is 4.74 Å². The van der Waals surface area contributed by atoms with Crippen LogP contribution in [0.15, 0.2) is 23.1 Å². The molecule has 0 aromatic heterocycles. The lowest BCUT2D eigenvalue weighted by Gasteiger charge is -2.08. The van der Waals surface area contributed by atoms with Crippen molar-refractivity contribution in [3.63, 3.8) is 0 Å². The van der Waals surface area contributed by atoms with E-state index in [0.29, 0.717) is 0 Å². The zero-order valence-electron chi connectivity index (χ0n) is 8.73.